The van der Waals surface area contributed by atoms with Crippen LogP contribution in [0.4, 0.5) is 0 Å². The van der Waals surface area contributed by atoms with Crippen LogP contribution in [-0.2, 0) is 11.3 Å². The molecule has 3 aromatic rings. The van der Waals surface area contributed by atoms with Gasteiger partial charge in [-0.05, 0) is 42.3 Å². The number of benzene rings is 2. The molecular formula is C24H23NO8. The third-order valence-corrected chi connectivity index (χ3v) is 5.31. The lowest BCUT2D eigenvalue weighted by Gasteiger charge is -2.19. The minimum Gasteiger partial charge on any atom is -0.504 e. The first kappa shape index (κ1) is 22.1. The maximum absolute atomic E-state index is 12.9. The van der Waals surface area contributed by atoms with Crippen molar-refractivity contribution >= 4 is 5.91 Å². The Morgan fingerprint density at radius 3 is 2.70 bits per heavy atom. The summed E-state index contributed by atoms with van der Waals surface area (Å²) in [5, 5.41) is 23.2. The molecule has 1 aliphatic rings. The van der Waals surface area contributed by atoms with Gasteiger partial charge in [-0.2, -0.15) is 0 Å². The number of phenols is 1. The molecule has 1 aliphatic heterocycles. The second-order valence-electron chi connectivity index (χ2n) is 7.59. The average molecular weight is 453 g/mol. The first-order chi connectivity index (χ1) is 15.9. The summed E-state index contributed by atoms with van der Waals surface area (Å²) in [5.74, 6) is -0.0813. The highest BCUT2D eigenvalue weighted by atomic mass is 16.7. The normalized spacial score (nSPS) is 12.9. The summed E-state index contributed by atoms with van der Waals surface area (Å²) in [5.41, 5.74) is 0.734. The Labute approximate surface area is 189 Å². The molecule has 0 radical (unpaired) electrons. The van der Waals surface area contributed by atoms with Crippen LogP contribution in [0.1, 0.15) is 35.0 Å². The van der Waals surface area contributed by atoms with Crippen molar-refractivity contribution in [3.8, 4) is 28.7 Å². The zero-order chi connectivity index (χ0) is 23.5. The van der Waals surface area contributed by atoms with Crippen LogP contribution in [0.25, 0.3) is 0 Å². The van der Waals surface area contributed by atoms with E-state index in [2.05, 4.69) is 5.32 Å². The quantitative estimate of drug-likeness (QED) is 0.498. The van der Waals surface area contributed by atoms with Gasteiger partial charge in [-0.25, -0.2) is 0 Å². The number of aromatic hydroxyl groups is 2. The van der Waals surface area contributed by atoms with Gasteiger partial charge in [0.15, 0.2) is 28.8 Å². The summed E-state index contributed by atoms with van der Waals surface area (Å²) in [6.07, 6.45) is -0.127. The summed E-state index contributed by atoms with van der Waals surface area (Å²) in [6.45, 7) is 1.98. The first-order valence-corrected chi connectivity index (χ1v) is 10.2. The molecule has 0 saturated carbocycles. The summed E-state index contributed by atoms with van der Waals surface area (Å²) in [7, 11) is 1.40. The van der Waals surface area contributed by atoms with Crippen molar-refractivity contribution in [3.63, 3.8) is 0 Å². The number of hydrogen-bond donors (Lipinski definition) is 3. The number of amides is 1. The molecule has 0 spiro atoms. The van der Waals surface area contributed by atoms with Gasteiger partial charge in [-0.15, -0.1) is 0 Å². The molecule has 2 heterocycles. The molecule has 172 valence electrons. The van der Waals surface area contributed by atoms with E-state index in [9.17, 15) is 19.8 Å². The molecule has 2 aromatic carbocycles. The Hall–Kier alpha value is -4.14. The van der Waals surface area contributed by atoms with Crippen LogP contribution in [-0.4, -0.2) is 30.0 Å². The monoisotopic (exact) mass is 453 g/mol. The molecule has 0 fully saturated rings. The number of hydrogen-bond acceptors (Lipinski definition) is 8. The molecule has 0 aliphatic carbocycles. The van der Waals surface area contributed by atoms with Crippen molar-refractivity contribution in [2.75, 3.05) is 13.9 Å². The molecule has 0 saturated heterocycles. The Morgan fingerprint density at radius 2 is 1.91 bits per heavy atom. The maximum atomic E-state index is 12.9. The molecule has 9 heteroatoms. The van der Waals surface area contributed by atoms with Crippen molar-refractivity contribution in [3.05, 3.63) is 75.3 Å². The van der Waals surface area contributed by atoms with Crippen LogP contribution in [0.3, 0.4) is 0 Å². The number of nitrogens with one attached hydrogen (secondary N) is 1. The van der Waals surface area contributed by atoms with E-state index in [1.54, 1.807) is 25.1 Å². The fourth-order valence-electron chi connectivity index (χ4n) is 3.64. The number of carbonyl (C=O) groups is 1. The Balaban J connectivity index is 1.59. The van der Waals surface area contributed by atoms with Crippen LogP contribution in [0.2, 0.25) is 0 Å². The maximum Gasteiger partial charge on any atom is 0.231 e. The van der Waals surface area contributed by atoms with Gasteiger partial charge >= 0.3 is 0 Å². The largest absolute Gasteiger partial charge is 0.504 e. The summed E-state index contributed by atoms with van der Waals surface area (Å²) >= 11 is 0. The SMILES string of the molecule is COc1cc([C@H](CC(=O)NCc2ccc3c(c2)OCO3)c2oc(C)cc(=O)c2O)ccc1O. The van der Waals surface area contributed by atoms with Gasteiger partial charge in [0.1, 0.15) is 5.76 Å². The highest BCUT2D eigenvalue weighted by Crippen LogP contribution is 2.37. The number of aryl methyl sites for hydroxylation is 1. The van der Waals surface area contributed by atoms with Gasteiger partial charge in [0.05, 0.1) is 13.0 Å². The molecule has 4 rings (SSSR count). The van der Waals surface area contributed by atoms with Crippen LogP contribution in [0, 0.1) is 6.92 Å². The number of fused-ring (bicyclic) bond motifs is 1. The van der Waals surface area contributed by atoms with Gasteiger partial charge in [-0.3, -0.25) is 9.59 Å². The van der Waals surface area contributed by atoms with E-state index in [0.717, 1.165) is 5.56 Å². The number of ether oxygens (including phenoxy) is 3. The number of methoxy groups -OCH3 is 1. The topological polar surface area (TPSA) is 127 Å². The number of phenolic OH excluding ortho intramolecular Hbond substituents is 1. The minimum absolute atomic E-state index is 0.0361. The standard InChI is InChI=1S/C24H23NO8/c1-13-7-18(27)23(29)24(33-13)16(15-4-5-17(26)20(9-15)30-2)10-22(28)25-11-14-3-6-19-21(8-14)32-12-31-19/h3-9,16,26,29H,10-12H2,1-2H3,(H,25,28)/t16-/m0/s1. The van der Waals surface area contributed by atoms with Crippen LogP contribution >= 0.6 is 0 Å². The molecule has 1 amide bonds. The van der Waals surface area contributed by atoms with Gasteiger partial charge in [0, 0.05) is 19.0 Å². The summed E-state index contributed by atoms with van der Waals surface area (Å²) in [6, 6.07) is 11.1. The Kier molecular flexibility index (Phi) is 6.12. The molecular weight excluding hydrogens is 430 g/mol. The molecule has 1 atom stereocenters. The van der Waals surface area contributed by atoms with E-state index in [1.165, 1.54) is 25.3 Å². The second kappa shape index (κ2) is 9.15. The Bertz CT molecular complexity index is 1250. The zero-order valence-electron chi connectivity index (χ0n) is 18.1. The average Bonchev–Trinajstić information content (AvgIpc) is 3.27. The van der Waals surface area contributed by atoms with Crippen LogP contribution in [0.5, 0.6) is 28.7 Å². The molecule has 33 heavy (non-hydrogen) atoms. The summed E-state index contributed by atoms with van der Waals surface area (Å²) < 4.78 is 21.5. The zero-order valence-corrected chi connectivity index (χ0v) is 18.1. The predicted molar refractivity (Wildman–Crippen MR) is 117 cm³/mol. The lowest BCUT2D eigenvalue weighted by molar-refractivity contribution is -0.121. The van der Waals surface area contributed by atoms with E-state index in [4.69, 9.17) is 18.6 Å². The molecule has 0 unspecified atom stereocenters. The van der Waals surface area contributed by atoms with Crippen molar-refractivity contribution in [2.24, 2.45) is 0 Å². The van der Waals surface area contributed by atoms with E-state index < -0.39 is 17.1 Å². The third-order valence-electron chi connectivity index (χ3n) is 5.31. The minimum atomic E-state index is -0.802. The molecule has 9 nitrogen and oxygen atoms in total. The smallest absolute Gasteiger partial charge is 0.231 e. The van der Waals surface area contributed by atoms with Crippen molar-refractivity contribution in [1.82, 2.24) is 5.32 Å². The fourth-order valence-corrected chi connectivity index (χ4v) is 3.64. The lowest BCUT2D eigenvalue weighted by atomic mass is 9.91. The van der Waals surface area contributed by atoms with Gasteiger partial charge < -0.3 is 34.2 Å². The van der Waals surface area contributed by atoms with Gasteiger partial charge in [-0.1, -0.05) is 12.1 Å². The first-order valence-electron chi connectivity index (χ1n) is 10.2. The highest BCUT2D eigenvalue weighted by Gasteiger charge is 2.27. The highest BCUT2D eigenvalue weighted by molar-refractivity contribution is 5.77. The summed E-state index contributed by atoms with van der Waals surface area (Å²) in [4.78, 5) is 25.0. The molecule has 3 N–H and O–H groups in total. The van der Waals surface area contributed by atoms with E-state index in [0.29, 0.717) is 22.8 Å². The van der Waals surface area contributed by atoms with Gasteiger partial charge in [0.2, 0.25) is 23.9 Å². The van der Waals surface area contributed by atoms with Crippen molar-refractivity contribution in [2.45, 2.75) is 25.8 Å². The van der Waals surface area contributed by atoms with E-state index >= 15 is 0 Å². The second-order valence-corrected chi connectivity index (χ2v) is 7.59. The number of carbonyl (C=O) groups excluding carboxylic acids is 1. The van der Waals surface area contributed by atoms with E-state index in [1.807, 2.05) is 6.07 Å². The van der Waals surface area contributed by atoms with Gasteiger partial charge in [0.25, 0.3) is 0 Å². The Morgan fingerprint density at radius 1 is 1.12 bits per heavy atom. The van der Waals surface area contributed by atoms with Crippen molar-refractivity contribution in [1.29, 1.82) is 0 Å². The van der Waals surface area contributed by atoms with E-state index in [-0.39, 0.29) is 42.9 Å². The predicted octanol–water partition coefficient (Wildman–Crippen LogP) is 2.94. The molecule has 0 bridgehead atoms. The third kappa shape index (κ3) is 4.72. The number of rotatable bonds is 7. The van der Waals surface area contributed by atoms with Crippen LogP contribution in [0.15, 0.2) is 51.7 Å². The molecule has 1 aromatic heterocycles. The fraction of sp³-hybridized carbons (Fsp3) is 0.250. The van der Waals surface area contributed by atoms with Crippen LogP contribution < -0.4 is 25.0 Å². The lowest BCUT2D eigenvalue weighted by Crippen LogP contribution is -2.25. The van der Waals surface area contributed by atoms with Crippen molar-refractivity contribution < 1.29 is 33.6 Å².